The average Bonchev–Trinajstić information content (AvgIpc) is 2.33. The van der Waals surface area contributed by atoms with E-state index in [1.54, 1.807) is 6.92 Å². The number of carbonyl (C=O) groups is 1. The molecule has 6 nitrogen and oxygen atoms in total. The van der Waals surface area contributed by atoms with E-state index in [-0.39, 0.29) is 18.1 Å². The van der Waals surface area contributed by atoms with Crippen molar-refractivity contribution in [3.63, 3.8) is 0 Å². The van der Waals surface area contributed by atoms with Crippen LogP contribution in [0.1, 0.15) is 19.7 Å². The van der Waals surface area contributed by atoms with E-state index in [2.05, 4.69) is 25.3 Å². The monoisotopic (exact) mass is 184 g/mol. The zero-order valence-corrected chi connectivity index (χ0v) is 7.79. The fraction of sp³-hybridized carbons (Fsp3) is 0.571. The summed E-state index contributed by atoms with van der Waals surface area (Å²) >= 11 is 0. The van der Waals surface area contributed by atoms with Crippen molar-refractivity contribution in [1.82, 2.24) is 15.5 Å². The van der Waals surface area contributed by atoms with Crippen LogP contribution in [0.25, 0.3) is 0 Å². The normalized spacial score (nSPS) is 10.2. The Morgan fingerprint density at radius 3 is 2.69 bits per heavy atom. The quantitative estimate of drug-likeness (QED) is 0.715. The summed E-state index contributed by atoms with van der Waals surface area (Å²) in [7, 11) is 0. The Kier molecular flexibility index (Phi) is 2.84. The molecule has 2 amide bonds. The number of nitrogens with zero attached hydrogens (tertiary/aromatic N) is 2. The van der Waals surface area contributed by atoms with Gasteiger partial charge in [0.15, 0.2) is 5.82 Å². The van der Waals surface area contributed by atoms with Crippen molar-refractivity contribution in [2.24, 2.45) is 0 Å². The summed E-state index contributed by atoms with van der Waals surface area (Å²) in [5.41, 5.74) is 0. The molecule has 6 heteroatoms. The standard InChI is InChI=1S/C7H12N4O2/c1-4(2)8-6(12)10-7-9-5(3)11-13-7/h4H,1-3H3,(H2,8,9,10,11,12). The van der Waals surface area contributed by atoms with Crippen molar-refractivity contribution in [1.29, 1.82) is 0 Å². The number of hydrogen-bond acceptors (Lipinski definition) is 4. The molecule has 0 bridgehead atoms. The lowest BCUT2D eigenvalue weighted by molar-refractivity contribution is 0.249. The molecule has 2 N–H and O–H groups in total. The SMILES string of the molecule is Cc1noc(NC(=O)NC(C)C)n1. The predicted octanol–water partition coefficient (Wildman–Crippen LogP) is 0.908. The molecule has 0 aliphatic heterocycles. The van der Waals surface area contributed by atoms with Crippen LogP contribution < -0.4 is 10.6 Å². The molecule has 0 unspecified atom stereocenters. The minimum Gasteiger partial charge on any atom is -0.336 e. The fourth-order valence-corrected chi connectivity index (χ4v) is 0.743. The summed E-state index contributed by atoms with van der Waals surface area (Å²) in [4.78, 5) is 14.9. The molecule has 1 aromatic rings. The summed E-state index contributed by atoms with van der Waals surface area (Å²) in [6.45, 7) is 5.40. The van der Waals surface area contributed by atoms with Gasteiger partial charge in [0.2, 0.25) is 0 Å². The van der Waals surface area contributed by atoms with Crippen molar-refractivity contribution >= 4 is 12.0 Å². The van der Waals surface area contributed by atoms with Crippen LogP contribution in [0.4, 0.5) is 10.8 Å². The van der Waals surface area contributed by atoms with E-state index < -0.39 is 0 Å². The maximum atomic E-state index is 11.1. The van der Waals surface area contributed by atoms with Crippen molar-refractivity contribution < 1.29 is 9.32 Å². The summed E-state index contributed by atoms with van der Waals surface area (Å²) in [6.07, 6.45) is 0. The minimum atomic E-state index is -0.348. The lowest BCUT2D eigenvalue weighted by atomic mass is 10.4. The van der Waals surface area contributed by atoms with Crippen LogP contribution in [0.2, 0.25) is 0 Å². The zero-order valence-electron chi connectivity index (χ0n) is 7.79. The van der Waals surface area contributed by atoms with Gasteiger partial charge in [-0.3, -0.25) is 5.32 Å². The summed E-state index contributed by atoms with van der Waals surface area (Å²) < 4.78 is 4.68. The molecule has 0 saturated heterocycles. The Balaban J connectivity index is 2.45. The van der Waals surface area contributed by atoms with Crippen molar-refractivity contribution in [2.45, 2.75) is 26.8 Å². The Morgan fingerprint density at radius 2 is 2.23 bits per heavy atom. The third kappa shape index (κ3) is 3.10. The molecule has 1 heterocycles. The summed E-state index contributed by atoms with van der Waals surface area (Å²) in [6, 6.07) is -0.168. The summed E-state index contributed by atoms with van der Waals surface area (Å²) in [5, 5.41) is 8.55. The van der Waals surface area contributed by atoms with Gasteiger partial charge in [0, 0.05) is 6.04 Å². The first-order chi connectivity index (χ1) is 6.08. The molecular formula is C7H12N4O2. The van der Waals surface area contributed by atoms with Gasteiger partial charge < -0.3 is 9.84 Å². The second-order valence-corrected chi connectivity index (χ2v) is 2.90. The van der Waals surface area contributed by atoms with Crippen LogP contribution in [0.15, 0.2) is 4.52 Å². The number of hydrogen-bond donors (Lipinski definition) is 2. The highest BCUT2D eigenvalue weighted by molar-refractivity contribution is 5.86. The van der Waals surface area contributed by atoms with Crippen LogP contribution in [-0.2, 0) is 0 Å². The predicted molar refractivity (Wildman–Crippen MR) is 46.3 cm³/mol. The maximum Gasteiger partial charge on any atom is 0.329 e. The number of aromatic nitrogens is 2. The van der Waals surface area contributed by atoms with Gasteiger partial charge in [-0.25, -0.2) is 4.79 Å². The van der Waals surface area contributed by atoms with E-state index in [0.29, 0.717) is 5.82 Å². The number of carbonyl (C=O) groups excluding carboxylic acids is 1. The fourth-order valence-electron chi connectivity index (χ4n) is 0.743. The summed E-state index contributed by atoms with van der Waals surface area (Å²) in [5.74, 6) is 0.486. The lowest BCUT2D eigenvalue weighted by Crippen LogP contribution is -2.34. The van der Waals surface area contributed by atoms with Gasteiger partial charge in [-0.2, -0.15) is 4.98 Å². The van der Waals surface area contributed by atoms with Crippen LogP contribution in [0, 0.1) is 6.92 Å². The van der Waals surface area contributed by atoms with Gasteiger partial charge in [0.25, 0.3) is 0 Å². The molecule has 72 valence electrons. The average molecular weight is 184 g/mol. The van der Waals surface area contributed by atoms with Gasteiger partial charge in [0.1, 0.15) is 0 Å². The first-order valence-electron chi connectivity index (χ1n) is 3.96. The Bertz CT molecular complexity index is 294. The topological polar surface area (TPSA) is 80.0 Å². The van der Waals surface area contributed by atoms with E-state index in [1.807, 2.05) is 13.8 Å². The molecule has 0 radical (unpaired) electrons. The third-order valence-electron chi connectivity index (χ3n) is 1.17. The number of aryl methyl sites for hydroxylation is 1. The minimum absolute atomic E-state index is 0.0732. The second kappa shape index (κ2) is 3.88. The van der Waals surface area contributed by atoms with Gasteiger partial charge in [-0.1, -0.05) is 5.16 Å². The number of amides is 2. The Labute approximate surface area is 75.7 Å². The number of rotatable bonds is 2. The lowest BCUT2D eigenvalue weighted by Gasteiger charge is -2.06. The highest BCUT2D eigenvalue weighted by Gasteiger charge is 2.07. The van der Waals surface area contributed by atoms with E-state index >= 15 is 0 Å². The molecule has 0 saturated carbocycles. The third-order valence-corrected chi connectivity index (χ3v) is 1.17. The van der Waals surface area contributed by atoms with Gasteiger partial charge in [-0.05, 0) is 20.8 Å². The van der Waals surface area contributed by atoms with Gasteiger partial charge in [-0.15, -0.1) is 0 Å². The largest absolute Gasteiger partial charge is 0.336 e. The number of urea groups is 1. The second-order valence-electron chi connectivity index (χ2n) is 2.90. The molecule has 0 spiro atoms. The number of anilines is 1. The van der Waals surface area contributed by atoms with Crippen LogP contribution >= 0.6 is 0 Å². The molecule has 13 heavy (non-hydrogen) atoms. The Morgan fingerprint density at radius 1 is 1.54 bits per heavy atom. The van der Waals surface area contributed by atoms with Crippen molar-refractivity contribution in [3.8, 4) is 0 Å². The first-order valence-corrected chi connectivity index (χ1v) is 3.96. The smallest absolute Gasteiger partial charge is 0.329 e. The molecule has 1 rings (SSSR count). The molecule has 1 aromatic heterocycles. The van der Waals surface area contributed by atoms with Crippen LogP contribution in [-0.4, -0.2) is 22.2 Å². The molecule has 0 fully saturated rings. The molecular weight excluding hydrogens is 172 g/mol. The van der Waals surface area contributed by atoms with Gasteiger partial charge >= 0.3 is 12.0 Å². The van der Waals surface area contributed by atoms with Crippen LogP contribution in [0.3, 0.4) is 0 Å². The molecule has 0 aromatic carbocycles. The first kappa shape index (κ1) is 9.50. The molecule has 0 aliphatic carbocycles. The van der Waals surface area contributed by atoms with Gasteiger partial charge in [0.05, 0.1) is 0 Å². The van der Waals surface area contributed by atoms with Crippen molar-refractivity contribution in [2.75, 3.05) is 5.32 Å². The van der Waals surface area contributed by atoms with E-state index in [1.165, 1.54) is 0 Å². The van der Waals surface area contributed by atoms with E-state index in [0.717, 1.165) is 0 Å². The molecule has 0 atom stereocenters. The highest BCUT2D eigenvalue weighted by Crippen LogP contribution is 2.01. The van der Waals surface area contributed by atoms with Crippen LogP contribution in [0.5, 0.6) is 0 Å². The Hall–Kier alpha value is -1.59. The van der Waals surface area contributed by atoms with E-state index in [4.69, 9.17) is 0 Å². The number of nitrogens with one attached hydrogen (secondary N) is 2. The zero-order chi connectivity index (χ0) is 9.84. The maximum absolute atomic E-state index is 11.1. The highest BCUT2D eigenvalue weighted by atomic mass is 16.5. The molecule has 0 aliphatic rings. The van der Waals surface area contributed by atoms with E-state index in [9.17, 15) is 4.79 Å². The van der Waals surface area contributed by atoms with Crippen molar-refractivity contribution in [3.05, 3.63) is 5.82 Å².